The number of hydrogen-bond donors (Lipinski definition) is 1. The Labute approximate surface area is 112 Å². The highest BCUT2D eigenvalue weighted by Gasteiger charge is 2.04. The molecule has 0 atom stereocenters. The number of aromatic nitrogens is 1. The molecule has 19 heavy (non-hydrogen) atoms. The highest BCUT2D eigenvalue weighted by molar-refractivity contribution is 5.88. The van der Waals surface area contributed by atoms with Gasteiger partial charge in [0.25, 0.3) is 0 Å². The third kappa shape index (κ3) is 3.55. The molecule has 0 unspecified atom stereocenters. The zero-order valence-corrected chi connectivity index (χ0v) is 10.8. The Morgan fingerprint density at radius 2 is 2.00 bits per heavy atom. The van der Waals surface area contributed by atoms with E-state index < -0.39 is 5.97 Å². The number of carboxylic acid groups (broad SMARTS) is 1. The predicted molar refractivity (Wildman–Crippen MR) is 74.6 cm³/mol. The topological polar surface area (TPSA) is 53.4 Å². The van der Waals surface area contributed by atoms with Crippen LogP contribution >= 0.6 is 0 Å². The molecular weight excluding hydrogens is 240 g/mol. The van der Waals surface area contributed by atoms with Crippen molar-refractivity contribution in [3.63, 3.8) is 0 Å². The minimum atomic E-state index is -0.899. The van der Waals surface area contributed by atoms with E-state index in [4.69, 9.17) is 5.11 Å². The van der Waals surface area contributed by atoms with Crippen molar-refractivity contribution in [1.82, 2.24) is 4.98 Å². The highest BCUT2D eigenvalue weighted by Crippen LogP contribution is 2.14. The molecule has 4 nitrogen and oxygen atoms in total. The number of hydrogen-bond acceptors (Lipinski definition) is 3. The molecule has 0 saturated heterocycles. The lowest BCUT2D eigenvalue weighted by Crippen LogP contribution is -2.20. The van der Waals surface area contributed by atoms with E-state index >= 15 is 0 Å². The first kappa shape index (κ1) is 13.1. The predicted octanol–water partition coefficient (Wildman–Crippen LogP) is 2.46. The average Bonchev–Trinajstić information content (AvgIpc) is 2.46. The number of nitrogens with zero attached hydrogens (tertiary/aromatic N) is 2. The number of carboxylic acids is 1. The lowest BCUT2D eigenvalue weighted by Gasteiger charge is -2.19. The Morgan fingerprint density at radius 1 is 1.26 bits per heavy atom. The third-order valence-corrected chi connectivity index (χ3v) is 3.01. The molecule has 0 fully saturated rings. The molecule has 1 aromatic heterocycles. The molecular formula is C15H16N2O2. The summed E-state index contributed by atoms with van der Waals surface area (Å²) in [5.74, 6) is -0.899. The van der Waals surface area contributed by atoms with Crippen LogP contribution in [0.25, 0.3) is 0 Å². The molecule has 2 rings (SSSR count). The van der Waals surface area contributed by atoms with Gasteiger partial charge in [-0.15, -0.1) is 0 Å². The number of benzene rings is 1. The summed E-state index contributed by atoms with van der Waals surface area (Å²) in [5, 5.41) is 8.85. The number of likely N-dealkylation sites (N-methyl/N-ethyl adjacent to an activating group) is 1. The molecule has 0 amide bonds. The van der Waals surface area contributed by atoms with Crippen LogP contribution in [-0.4, -0.2) is 29.7 Å². The molecule has 2 aromatic rings. The number of pyridine rings is 1. The summed E-state index contributed by atoms with van der Waals surface area (Å²) in [6.07, 6.45) is 4.53. The first-order valence-corrected chi connectivity index (χ1v) is 6.10. The summed E-state index contributed by atoms with van der Waals surface area (Å²) >= 11 is 0. The van der Waals surface area contributed by atoms with Gasteiger partial charge in [0.15, 0.2) is 0 Å². The van der Waals surface area contributed by atoms with Crippen molar-refractivity contribution >= 4 is 11.7 Å². The van der Waals surface area contributed by atoms with Gasteiger partial charge < -0.3 is 10.0 Å². The Balaban J connectivity index is 1.96. The van der Waals surface area contributed by atoms with Crippen molar-refractivity contribution < 1.29 is 9.90 Å². The van der Waals surface area contributed by atoms with Crippen molar-refractivity contribution in [3.05, 3.63) is 59.9 Å². The van der Waals surface area contributed by atoms with E-state index in [1.165, 1.54) is 5.56 Å². The van der Waals surface area contributed by atoms with Gasteiger partial charge in [0.2, 0.25) is 0 Å². The van der Waals surface area contributed by atoms with Crippen LogP contribution in [0.4, 0.5) is 5.69 Å². The van der Waals surface area contributed by atoms with Crippen molar-refractivity contribution in [1.29, 1.82) is 0 Å². The monoisotopic (exact) mass is 256 g/mol. The Kier molecular flexibility index (Phi) is 4.13. The number of rotatable bonds is 5. The summed E-state index contributed by atoms with van der Waals surface area (Å²) < 4.78 is 0. The second-order valence-electron chi connectivity index (χ2n) is 4.38. The largest absolute Gasteiger partial charge is 0.478 e. The van der Waals surface area contributed by atoms with Gasteiger partial charge in [-0.25, -0.2) is 4.79 Å². The SMILES string of the molecule is CN(CCc1cccnc1)c1ccc(C(=O)O)cc1. The lowest BCUT2D eigenvalue weighted by atomic mass is 10.1. The summed E-state index contributed by atoms with van der Waals surface area (Å²) in [7, 11) is 1.99. The fraction of sp³-hybridized carbons (Fsp3) is 0.200. The molecule has 0 radical (unpaired) electrons. The van der Waals surface area contributed by atoms with Gasteiger partial charge in [0, 0.05) is 31.7 Å². The fourth-order valence-electron chi connectivity index (χ4n) is 1.83. The summed E-state index contributed by atoms with van der Waals surface area (Å²) in [6, 6.07) is 10.9. The molecule has 1 heterocycles. The van der Waals surface area contributed by atoms with Crippen LogP contribution in [0.1, 0.15) is 15.9 Å². The highest BCUT2D eigenvalue weighted by atomic mass is 16.4. The molecule has 1 aromatic carbocycles. The van der Waals surface area contributed by atoms with Crippen molar-refractivity contribution in [3.8, 4) is 0 Å². The Bertz CT molecular complexity index is 538. The van der Waals surface area contributed by atoms with Gasteiger partial charge >= 0.3 is 5.97 Å². The average molecular weight is 256 g/mol. The van der Waals surface area contributed by atoms with Gasteiger partial charge in [0.05, 0.1) is 5.56 Å². The molecule has 4 heteroatoms. The second-order valence-corrected chi connectivity index (χ2v) is 4.38. The molecule has 0 aliphatic carbocycles. The number of anilines is 1. The van der Waals surface area contributed by atoms with Crippen molar-refractivity contribution in [2.24, 2.45) is 0 Å². The minimum absolute atomic E-state index is 0.310. The maximum atomic E-state index is 10.8. The van der Waals surface area contributed by atoms with Gasteiger partial charge in [-0.2, -0.15) is 0 Å². The van der Waals surface area contributed by atoms with E-state index in [2.05, 4.69) is 9.88 Å². The number of carbonyl (C=O) groups is 1. The molecule has 0 spiro atoms. The van der Waals surface area contributed by atoms with E-state index in [0.29, 0.717) is 5.56 Å². The van der Waals surface area contributed by atoms with Crippen LogP contribution in [0.2, 0.25) is 0 Å². The maximum absolute atomic E-state index is 10.8. The van der Waals surface area contributed by atoms with Crippen LogP contribution in [0.15, 0.2) is 48.8 Å². The van der Waals surface area contributed by atoms with Gasteiger partial charge in [0.1, 0.15) is 0 Å². The van der Waals surface area contributed by atoms with E-state index in [-0.39, 0.29) is 0 Å². The Morgan fingerprint density at radius 3 is 2.58 bits per heavy atom. The number of aromatic carboxylic acids is 1. The summed E-state index contributed by atoms with van der Waals surface area (Å²) in [6.45, 7) is 0.859. The zero-order valence-electron chi connectivity index (χ0n) is 10.8. The van der Waals surface area contributed by atoms with Gasteiger partial charge in [-0.1, -0.05) is 6.07 Å². The second kappa shape index (κ2) is 6.00. The molecule has 0 aliphatic rings. The van der Waals surface area contributed by atoms with E-state index in [0.717, 1.165) is 18.7 Å². The molecule has 98 valence electrons. The Hall–Kier alpha value is -2.36. The van der Waals surface area contributed by atoms with Gasteiger partial charge in [-0.05, 0) is 42.3 Å². The van der Waals surface area contributed by atoms with Crippen LogP contribution < -0.4 is 4.90 Å². The van der Waals surface area contributed by atoms with Crippen LogP contribution in [-0.2, 0) is 6.42 Å². The van der Waals surface area contributed by atoms with Crippen molar-refractivity contribution in [2.75, 3.05) is 18.5 Å². The minimum Gasteiger partial charge on any atom is -0.478 e. The van der Waals surface area contributed by atoms with E-state index in [9.17, 15) is 4.79 Å². The molecule has 0 aliphatic heterocycles. The molecule has 0 saturated carbocycles. The summed E-state index contributed by atoms with van der Waals surface area (Å²) in [5.41, 5.74) is 2.51. The van der Waals surface area contributed by atoms with Crippen LogP contribution in [0.5, 0.6) is 0 Å². The third-order valence-electron chi connectivity index (χ3n) is 3.01. The van der Waals surface area contributed by atoms with Crippen LogP contribution in [0, 0.1) is 0 Å². The van der Waals surface area contributed by atoms with E-state index in [1.807, 2.05) is 37.5 Å². The van der Waals surface area contributed by atoms with Crippen molar-refractivity contribution in [2.45, 2.75) is 6.42 Å². The smallest absolute Gasteiger partial charge is 0.335 e. The van der Waals surface area contributed by atoms with Gasteiger partial charge in [-0.3, -0.25) is 4.98 Å². The lowest BCUT2D eigenvalue weighted by molar-refractivity contribution is 0.0697. The zero-order chi connectivity index (χ0) is 13.7. The first-order chi connectivity index (χ1) is 9.16. The quantitative estimate of drug-likeness (QED) is 0.892. The normalized spacial score (nSPS) is 10.2. The fourth-order valence-corrected chi connectivity index (χ4v) is 1.83. The standard InChI is InChI=1S/C15H16N2O2/c1-17(10-8-12-3-2-9-16-11-12)14-6-4-13(5-7-14)15(18)19/h2-7,9,11H,8,10H2,1H3,(H,18,19). The van der Waals surface area contributed by atoms with E-state index in [1.54, 1.807) is 18.3 Å². The molecule has 1 N–H and O–H groups in total. The maximum Gasteiger partial charge on any atom is 0.335 e. The molecule has 0 bridgehead atoms. The summed E-state index contributed by atoms with van der Waals surface area (Å²) in [4.78, 5) is 17.0. The van der Waals surface area contributed by atoms with Crippen LogP contribution in [0.3, 0.4) is 0 Å². The first-order valence-electron chi connectivity index (χ1n) is 6.10.